The lowest BCUT2D eigenvalue weighted by Crippen LogP contribution is -2.34. The number of nitrogens with zero attached hydrogens (tertiary/aromatic N) is 2. The molecule has 0 atom stereocenters. The minimum Gasteiger partial charge on any atom is -0.307 e. The number of hydrogen-bond donors (Lipinski definition) is 3. The Morgan fingerprint density at radius 3 is 2.40 bits per heavy atom. The van der Waals surface area contributed by atoms with Crippen LogP contribution in [0.2, 0.25) is 0 Å². The van der Waals surface area contributed by atoms with Crippen LogP contribution in [0.25, 0.3) is 0 Å². The van der Waals surface area contributed by atoms with E-state index >= 15 is 0 Å². The zero-order valence-electron chi connectivity index (χ0n) is 11.7. The third-order valence-corrected chi connectivity index (χ3v) is 2.55. The average molecular weight is 271 g/mol. The molecule has 0 saturated heterocycles. The van der Waals surface area contributed by atoms with Crippen molar-refractivity contribution in [1.82, 2.24) is 15.4 Å². The van der Waals surface area contributed by atoms with Gasteiger partial charge in [-0.1, -0.05) is 12.1 Å². The van der Waals surface area contributed by atoms with E-state index < -0.39 is 0 Å². The molecule has 1 aromatic heterocycles. The van der Waals surface area contributed by atoms with Crippen LogP contribution in [0.5, 0.6) is 0 Å². The second-order valence-electron chi connectivity index (χ2n) is 4.55. The van der Waals surface area contributed by atoms with Crippen LogP contribution in [0, 0.1) is 20.8 Å². The molecular weight excluding hydrogens is 254 g/mol. The van der Waals surface area contributed by atoms with Gasteiger partial charge in [0.15, 0.2) is 0 Å². The van der Waals surface area contributed by atoms with Gasteiger partial charge in [0, 0.05) is 17.1 Å². The van der Waals surface area contributed by atoms with Gasteiger partial charge in [-0.3, -0.25) is 5.43 Å². The number of amides is 2. The fourth-order valence-electron chi connectivity index (χ4n) is 1.78. The van der Waals surface area contributed by atoms with E-state index in [0.29, 0.717) is 5.95 Å². The predicted molar refractivity (Wildman–Crippen MR) is 78.5 cm³/mol. The van der Waals surface area contributed by atoms with Crippen LogP contribution in [0.1, 0.15) is 17.0 Å². The molecule has 1 aromatic carbocycles. The van der Waals surface area contributed by atoms with Crippen LogP contribution >= 0.6 is 0 Å². The highest BCUT2D eigenvalue weighted by Gasteiger charge is 2.03. The van der Waals surface area contributed by atoms with E-state index in [1.165, 1.54) is 0 Å². The van der Waals surface area contributed by atoms with E-state index in [1.807, 2.05) is 51.1 Å². The molecule has 0 aliphatic heterocycles. The maximum atomic E-state index is 11.7. The van der Waals surface area contributed by atoms with Crippen molar-refractivity contribution < 1.29 is 4.79 Å². The summed E-state index contributed by atoms with van der Waals surface area (Å²) < 4.78 is 0. The Labute approximate surface area is 117 Å². The van der Waals surface area contributed by atoms with Crippen molar-refractivity contribution in [2.24, 2.45) is 0 Å². The molecule has 1 heterocycles. The Bertz CT molecular complexity index is 606. The second kappa shape index (κ2) is 6.01. The van der Waals surface area contributed by atoms with Crippen molar-refractivity contribution in [2.75, 3.05) is 10.7 Å². The number of nitrogens with one attached hydrogen (secondary N) is 3. The highest BCUT2D eigenvalue weighted by atomic mass is 16.2. The number of urea groups is 1. The Hall–Kier alpha value is -2.63. The molecule has 6 heteroatoms. The van der Waals surface area contributed by atoms with Gasteiger partial charge in [0.1, 0.15) is 0 Å². The maximum absolute atomic E-state index is 11.7. The lowest BCUT2D eigenvalue weighted by atomic mass is 10.2. The van der Waals surface area contributed by atoms with Crippen LogP contribution in [0.3, 0.4) is 0 Å². The smallest absolute Gasteiger partial charge is 0.307 e. The van der Waals surface area contributed by atoms with Crippen molar-refractivity contribution in [3.05, 3.63) is 47.3 Å². The van der Waals surface area contributed by atoms with Crippen LogP contribution in [0.15, 0.2) is 30.3 Å². The molecule has 0 unspecified atom stereocenters. The summed E-state index contributed by atoms with van der Waals surface area (Å²) in [6.45, 7) is 5.70. The van der Waals surface area contributed by atoms with Gasteiger partial charge in [-0.2, -0.15) is 0 Å². The summed E-state index contributed by atoms with van der Waals surface area (Å²) in [5.41, 5.74) is 8.65. The maximum Gasteiger partial charge on any atom is 0.337 e. The highest BCUT2D eigenvalue weighted by molar-refractivity contribution is 5.89. The number of hydrazine groups is 1. The summed E-state index contributed by atoms with van der Waals surface area (Å²) >= 11 is 0. The minimum absolute atomic E-state index is 0.363. The Balaban J connectivity index is 1.92. The quantitative estimate of drug-likeness (QED) is 0.750. The monoisotopic (exact) mass is 271 g/mol. The first kappa shape index (κ1) is 13.8. The fraction of sp³-hybridized carbons (Fsp3) is 0.214. The summed E-state index contributed by atoms with van der Waals surface area (Å²) in [4.78, 5) is 20.1. The van der Waals surface area contributed by atoms with E-state index in [4.69, 9.17) is 0 Å². The third kappa shape index (κ3) is 3.94. The summed E-state index contributed by atoms with van der Waals surface area (Å²) in [7, 11) is 0. The number of aromatic nitrogens is 2. The Morgan fingerprint density at radius 2 is 1.75 bits per heavy atom. The van der Waals surface area contributed by atoms with E-state index in [9.17, 15) is 4.79 Å². The summed E-state index contributed by atoms with van der Waals surface area (Å²) in [5.74, 6) is 0.363. The second-order valence-corrected chi connectivity index (χ2v) is 4.55. The van der Waals surface area contributed by atoms with Gasteiger partial charge in [0.05, 0.1) is 0 Å². The summed E-state index contributed by atoms with van der Waals surface area (Å²) in [5, 5.41) is 2.71. The molecule has 3 N–H and O–H groups in total. The van der Waals surface area contributed by atoms with Gasteiger partial charge >= 0.3 is 6.03 Å². The van der Waals surface area contributed by atoms with Crippen LogP contribution < -0.4 is 16.2 Å². The number of rotatable bonds is 3. The first-order valence-corrected chi connectivity index (χ1v) is 6.25. The molecule has 6 nitrogen and oxygen atoms in total. The molecule has 0 saturated carbocycles. The number of hydrogen-bond acceptors (Lipinski definition) is 4. The Kier molecular flexibility index (Phi) is 4.14. The lowest BCUT2D eigenvalue weighted by Gasteiger charge is -2.10. The molecule has 104 valence electrons. The molecule has 0 spiro atoms. The normalized spacial score (nSPS) is 9.95. The molecule has 2 rings (SSSR count). The zero-order valence-corrected chi connectivity index (χ0v) is 11.7. The number of benzene rings is 1. The van der Waals surface area contributed by atoms with Crippen molar-refractivity contribution in [1.29, 1.82) is 0 Å². The third-order valence-electron chi connectivity index (χ3n) is 2.55. The average Bonchev–Trinajstić information content (AvgIpc) is 2.35. The molecule has 0 radical (unpaired) electrons. The lowest BCUT2D eigenvalue weighted by molar-refractivity contribution is 0.253. The van der Waals surface area contributed by atoms with Crippen molar-refractivity contribution in [3.63, 3.8) is 0 Å². The largest absolute Gasteiger partial charge is 0.337 e. The summed E-state index contributed by atoms with van der Waals surface area (Å²) in [6.07, 6.45) is 0. The molecule has 0 aliphatic carbocycles. The number of aryl methyl sites for hydroxylation is 3. The van der Waals surface area contributed by atoms with Gasteiger partial charge in [-0.05, 0) is 44.5 Å². The number of carbonyl (C=O) groups excluding carboxylic acids is 1. The molecule has 0 aliphatic rings. The standard InChI is InChI=1S/C14H17N5O/c1-9-5-4-6-12(7-9)17-14(20)19-18-13-15-10(2)8-11(3)16-13/h4-8H,1-3H3,(H,15,16,18)(H2,17,19,20). The van der Waals surface area contributed by atoms with Gasteiger partial charge < -0.3 is 5.32 Å². The molecule has 2 aromatic rings. The van der Waals surface area contributed by atoms with E-state index in [-0.39, 0.29) is 6.03 Å². The zero-order chi connectivity index (χ0) is 14.5. The van der Waals surface area contributed by atoms with Crippen molar-refractivity contribution in [3.8, 4) is 0 Å². The van der Waals surface area contributed by atoms with Gasteiger partial charge in [0.2, 0.25) is 5.95 Å². The minimum atomic E-state index is -0.377. The molecule has 0 fully saturated rings. The van der Waals surface area contributed by atoms with Crippen LogP contribution in [-0.2, 0) is 0 Å². The van der Waals surface area contributed by atoms with E-state index in [2.05, 4.69) is 26.1 Å². The summed E-state index contributed by atoms with van der Waals surface area (Å²) in [6, 6.07) is 9.03. The molecule has 2 amide bonds. The molecule has 20 heavy (non-hydrogen) atoms. The van der Waals surface area contributed by atoms with Crippen molar-refractivity contribution >= 4 is 17.7 Å². The van der Waals surface area contributed by atoms with Gasteiger partial charge in [0.25, 0.3) is 0 Å². The van der Waals surface area contributed by atoms with Gasteiger partial charge in [-0.25, -0.2) is 20.2 Å². The predicted octanol–water partition coefficient (Wildman–Crippen LogP) is 2.55. The topological polar surface area (TPSA) is 78.9 Å². The highest BCUT2D eigenvalue weighted by Crippen LogP contribution is 2.09. The van der Waals surface area contributed by atoms with Crippen LogP contribution in [0.4, 0.5) is 16.4 Å². The van der Waals surface area contributed by atoms with Gasteiger partial charge in [-0.15, -0.1) is 0 Å². The number of carbonyl (C=O) groups is 1. The first-order chi connectivity index (χ1) is 9.52. The van der Waals surface area contributed by atoms with Crippen LogP contribution in [-0.4, -0.2) is 16.0 Å². The number of anilines is 2. The fourth-order valence-corrected chi connectivity index (χ4v) is 1.78. The molecular formula is C14H17N5O. The first-order valence-electron chi connectivity index (χ1n) is 6.25. The van der Waals surface area contributed by atoms with E-state index in [1.54, 1.807) is 0 Å². The SMILES string of the molecule is Cc1cccc(NC(=O)NNc2nc(C)cc(C)n2)c1. The van der Waals surface area contributed by atoms with Crippen molar-refractivity contribution in [2.45, 2.75) is 20.8 Å². The Morgan fingerprint density at radius 1 is 1.05 bits per heavy atom. The van der Waals surface area contributed by atoms with E-state index in [0.717, 1.165) is 22.6 Å². The molecule has 0 bridgehead atoms.